The zero-order valence-electron chi connectivity index (χ0n) is 12.9. The van der Waals surface area contributed by atoms with Gasteiger partial charge in [-0.3, -0.25) is 4.79 Å². The molecule has 1 aromatic rings. The van der Waals surface area contributed by atoms with E-state index in [4.69, 9.17) is 15.8 Å². The van der Waals surface area contributed by atoms with Gasteiger partial charge in [0.05, 0.1) is 6.33 Å². The number of carboxylic acid groups (broad SMARTS) is 1. The standard InChI is InChI=1S/C16H25N3O3/c17-22-15(7-4-8-16(20)21)14(11-19-10-9-18-12-19)13-5-2-1-3-6-13/h9-10,12-13H,1-8,11,17H2,(H,20,21)/b15-14+. The molecular weight excluding hydrogens is 282 g/mol. The van der Waals surface area contributed by atoms with Gasteiger partial charge in [-0.25, -0.2) is 4.98 Å². The monoisotopic (exact) mass is 307 g/mol. The average molecular weight is 307 g/mol. The average Bonchev–Trinajstić information content (AvgIpc) is 3.03. The second kappa shape index (κ2) is 8.58. The van der Waals surface area contributed by atoms with E-state index >= 15 is 0 Å². The van der Waals surface area contributed by atoms with Crippen molar-refractivity contribution in [1.29, 1.82) is 0 Å². The van der Waals surface area contributed by atoms with Crippen LogP contribution in [0.2, 0.25) is 0 Å². The molecule has 0 amide bonds. The van der Waals surface area contributed by atoms with Crippen molar-refractivity contribution in [2.75, 3.05) is 0 Å². The molecule has 122 valence electrons. The number of hydrogen-bond donors (Lipinski definition) is 2. The van der Waals surface area contributed by atoms with Crippen LogP contribution in [0.25, 0.3) is 0 Å². The van der Waals surface area contributed by atoms with Gasteiger partial charge in [0.15, 0.2) is 0 Å². The Morgan fingerprint density at radius 3 is 2.68 bits per heavy atom. The van der Waals surface area contributed by atoms with E-state index in [1.807, 2.05) is 10.8 Å². The number of rotatable bonds is 8. The second-order valence-corrected chi connectivity index (χ2v) is 5.88. The van der Waals surface area contributed by atoms with Crippen LogP contribution in [0.1, 0.15) is 51.4 Å². The fraction of sp³-hybridized carbons (Fsp3) is 0.625. The van der Waals surface area contributed by atoms with Crippen LogP contribution >= 0.6 is 0 Å². The molecule has 6 nitrogen and oxygen atoms in total. The molecule has 0 aliphatic heterocycles. The summed E-state index contributed by atoms with van der Waals surface area (Å²) in [7, 11) is 0. The first kappa shape index (κ1) is 16.5. The molecule has 0 radical (unpaired) electrons. The molecule has 0 saturated heterocycles. The van der Waals surface area contributed by atoms with Crippen molar-refractivity contribution in [3.63, 3.8) is 0 Å². The van der Waals surface area contributed by atoms with Crippen molar-refractivity contribution < 1.29 is 14.7 Å². The van der Waals surface area contributed by atoms with Crippen LogP contribution < -0.4 is 5.90 Å². The molecule has 0 bridgehead atoms. The summed E-state index contributed by atoms with van der Waals surface area (Å²) < 4.78 is 2.01. The number of nitrogens with two attached hydrogens (primary N) is 1. The van der Waals surface area contributed by atoms with Crippen LogP contribution in [0.5, 0.6) is 0 Å². The highest BCUT2D eigenvalue weighted by atomic mass is 16.6. The van der Waals surface area contributed by atoms with Crippen LogP contribution in [0.4, 0.5) is 0 Å². The Morgan fingerprint density at radius 2 is 2.09 bits per heavy atom. The smallest absolute Gasteiger partial charge is 0.303 e. The number of hydrogen-bond acceptors (Lipinski definition) is 4. The van der Waals surface area contributed by atoms with E-state index in [1.165, 1.54) is 24.8 Å². The van der Waals surface area contributed by atoms with Crippen molar-refractivity contribution in [2.24, 2.45) is 11.8 Å². The molecule has 2 rings (SSSR count). The molecular formula is C16H25N3O3. The van der Waals surface area contributed by atoms with Crippen LogP contribution in [0, 0.1) is 5.92 Å². The Kier molecular flexibility index (Phi) is 6.45. The van der Waals surface area contributed by atoms with Gasteiger partial charge in [-0.1, -0.05) is 19.3 Å². The van der Waals surface area contributed by atoms with E-state index in [9.17, 15) is 4.79 Å². The first-order valence-electron chi connectivity index (χ1n) is 7.97. The first-order valence-corrected chi connectivity index (χ1v) is 7.97. The van der Waals surface area contributed by atoms with Crippen molar-refractivity contribution in [2.45, 2.75) is 57.9 Å². The third-order valence-corrected chi connectivity index (χ3v) is 4.30. The molecule has 1 heterocycles. The summed E-state index contributed by atoms with van der Waals surface area (Å²) in [5, 5.41) is 8.79. The van der Waals surface area contributed by atoms with Gasteiger partial charge in [-0.05, 0) is 30.8 Å². The molecule has 22 heavy (non-hydrogen) atoms. The zero-order chi connectivity index (χ0) is 15.8. The van der Waals surface area contributed by atoms with Crippen molar-refractivity contribution >= 4 is 5.97 Å². The van der Waals surface area contributed by atoms with Gasteiger partial charge < -0.3 is 14.5 Å². The van der Waals surface area contributed by atoms with Gasteiger partial charge in [0, 0.05) is 31.8 Å². The van der Waals surface area contributed by atoms with Crippen molar-refractivity contribution in [3.05, 3.63) is 30.1 Å². The minimum Gasteiger partial charge on any atom is -0.481 e. The first-order chi connectivity index (χ1) is 10.7. The van der Waals surface area contributed by atoms with E-state index < -0.39 is 5.97 Å². The normalized spacial score (nSPS) is 17.1. The van der Waals surface area contributed by atoms with Gasteiger partial charge in [-0.15, -0.1) is 0 Å². The number of carboxylic acids is 1. The third kappa shape index (κ3) is 4.87. The van der Waals surface area contributed by atoms with E-state index in [0.29, 0.717) is 25.3 Å². The lowest BCUT2D eigenvalue weighted by Crippen LogP contribution is -2.18. The van der Waals surface area contributed by atoms with Gasteiger partial charge >= 0.3 is 5.97 Å². The Balaban J connectivity index is 2.14. The molecule has 0 spiro atoms. The molecule has 1 aromatic heterocycles. The Morgan fingerprint density at radius 1 is 1.32 bits per heavy atom. The highest BCUT2D eigenvalue weighted by molar-refractivity contribution is 5.66. The van der Waals surface area contributed by atoms with Crippen molar-refractivity contribution in [3.8, 4) is 0 Å². The summed E-state index contributed by atoms with van der Waals surface area (Å²) >= 11 is 0. The SMILES string of the molecule is NO/C(CCCC(=O)O)=C(\Cn1ccnc1)C1CCCCC1. The molecule has 0 unspecified atom stereocenters. The Bertz CT molecular complexity index is 491. The molecule has 1 saturated carbocycles. The number of aliphatic carboxylic acids is 1. The summed E-state index contributed by atoms with van der Waals surface area (Å²) in [6, 6.07) is 0. The Hall–Kier alpha value is -1.82. The summed E-state index contributed by atoms with van der Waals surface area (Å²) in [6.45, 7) is 0.713. The molecule has 0 atom stereocenters. The number of aromatic nitrogens is 2. The molecule has 1 aliphatic carbocycles. The van der Waals surface area contributed by atoms with E-state index in [-0.39, 0.29) is 6.42 Å². The molecule has 1 fully saturated rings. The lowest BCUT2D eigenvalue weighted by molar-refractivity contribution is -0.137. The minimum atomic E-state index is -0.787. The second-order valence-electron chi connectivity index (χ2n) is 5.88. The summed E-state index contributed by atoms with van der Waals surface area (Å²) in [6.07, 6.45) is 12.8. The maximum Gasteiger partial charge on any atom is 0.303 e. The Labute approximate surface area is 130 Å². The van der Waals surface area contributed by atoms with Crippen molar-refractivity contribution in [1.82, 2.24) is 9.55 Å². The summed E-state index contributed by atoms with van der Waals surface area (Å²) in [5.41, 5.74) is 1.20. The highest BCUT2D eigenvalue weighted by Crippen LogP contribution is 2.33. The molecule has 1 aliphatic rings. The quantitative estimate of drug-likeness (QED) is 0.569. The van der Waals surface area contributed by atoms with Gasteiger partial charge in [0.2, 0.25) is 0 Å². The molecule has 6 heteroatoms. The lowest BCUT2D eigenvalue weighted by Gasteiger charge is -2.26. The predicted molar refractivity (Wildman–Crippen MR) is 82.6 cm³/mol. The van der Waals surface area contributed by atoms with Crippen LogP contribution in [-0.2, 0) is 16.2 Å². The van der Waals surface area contributed by atoms with Crippen LogP contribution in [-0.4, -0.2) is 20.6 Å². The minimum absolute atomic E-state index is 0.135. The number of nitrogens with zero attached hydrogens (tertiary/aromatic N) is 2. The topological polar surface area (TPSA) is 90.4 Å². The maximum atomic E-state index is 10.7. The maximum absolute atomic E-state index is 10.7. The number of carbonyl (C=O) groups is 1. The molecule has 3 N–H and O–H groups in total. The largest absolute Gasteiger partial charge is 0.481 e. The van der Waals surface area contributed by atoms with Gasteiger partial charge in [-0.2, -0.15) is 5.90 Å². The predicted octanol–water partition coefficient (Wildman–Crippen LogP) is 2.86. The van der Waals surface area contributed by atoms with Gasteiger partial charge in [0.1, 0.15) is 5.76 Å². The van der Waals surface area contributed by atoms with Crippen LogP contribution in [0.15, 0.2) is 30.1 Å². The number of imidazole rings is 1. The zero-order valence-corrected chi connectivity index (χ0v) is 12.9. The number of allylic oxidation sites excluding steroid dienone is 2. The summed E-state index contributed by atoms with van der Waals surface area (Å²) in [4.78, 5) is 19.9. The summed E-state index contributed by atoms with van der Waals surface area (Å²) in [5.74, 6) is 5.93. The van der Waals surface area contributed by atoms with Crippen LogP contribution in [0.3, 0.4) is 0 Å². The third-order valence-electron chi connectivity index (χ3n) is 4.30. The fourth-order valence-electron chi connectivity index (χ4n) is 3.17. The van der Waals surface area contributed by atoms with Gasteiger partial charge in [0.25, 0.3) is 0 Å². The highest BCUT2D eigenvalue weighted by Gasteiger charge is 2.22. The lowest BCUT2D eigenvalue weighted by atomic mass is 9.82. The fourth-order valence-corrected chi connectivity index (χ4v) is 3.17. The van der Waals surface area contributed by atoms with E-state index in [2.05, 4.69) is 4.98 Å². The van der Waals surface area contributed by atoms with E-state index in [0.717, 1.165) is 18.6 Å². The molecule has 0 aromatic carbocycles. The van der Waals surface area contributed by atoms with E-state index in [1.54, 1.807) is 12.5 Å².